The number of fused-ring (bicyclic) bond motifs is 1. The first-order valence-electron chi connectivity index (χ1n) is 16.5. The van der Waals surface area contributed by atoms with Crippen LogP contribution in [0.25, 0.3) is 11.2 Å². The predicted octanol–water partition coefficient (Wildman–Crippen LogP) is 10.1. The first kappa shape index (κ1) is 37.0. The summed E-state index contributed by atoms with van der Waals surface area (Å²) >= 11 is 0. The fourth-order valence-electron chi connectivity index (χ4n) is 5.05. The van der Waals surface area contributed by atoms with Gasteiger partial charge in [0, 0.05) is 10.6 Å². The van der Waals surface area contributed by atoms with E-state index in [0.717, 1.165) is 27.4 Å². The van der Waals surface area contributed by atoms with Gasteiger partial charge in [-0.1, -0.05) is 124 Å². The average Bonchev–Trinajstić information content (AvgIpc) is 3.43. The molecule has 0 bridgehead atoms. The minimum atomic E-state index is -3.91. The highest BCUT2D eigenvalue weighted by Crippen LogP contribution is 2.43. The molecular weight excluding hydrogens is 611 g/mol. The van der Waals surface area contributed by atoms with Crippen LogP contribution in [-0.2, 0) is 27.0 Å². The molecule has 0 aliphatic heterocycles. The number of nitrogens with zero attached hydrogens (tertiary/aromatic N) is 4. The fourth-order valence-corrected chi connectivity index (χ4v) is 8.11. The van der Waals surface area contributed by atoms with Gasteiger partial charge >= 0.3 is 7.60 Å². The lowest BCUT2D eigenvalue weighted by Crippen LogP contribution is -2.17. The summed E-state index contributed by atoms with van der Waals surface area (Å²) in [5.74, 6) is 1.13. The van der Waals surface area contributed by atoms with Crippen molar-refractivity contribution < 1.29 is 18.7 Å². The summed E-state index contributed by atoms with van der Waals surface area (Å²) in [5, 5.41) is 0. The van der Waals surface area contributed by atoms with Crippen LogP contribution in [-0.4, -0.2) is 42.6 Å². The molecule has 0 amide bonds. The highest BCUT2D eigenvalue weighted by Gasteiger charge is 2.22. The summed E-state index contributed by atoms with van der Waals surface area (Å²) < 4.78 is 25.6. The number of aromatic nitrogens is 4. The van der Waals surface area contributed by atoms with Gasteiger partial charge in [-0.2, -0.15) is 0 Å². The normalized spacial score (nSPS) is 13.8. The van der Waals surface area contributed by atoms with Gasteiger partial charge in [-0.05, 0) is 38.0 Å². The van der Waals surface area contributed by atoms with Crippen LogP contribution in [0.3, 0.4) is 0 Å². The summed E-state index contributed by atoms with van der Waals surface area (Å²) in [5.41, 5.74) is 3.13. The maximum atomic E-state index is 12.6. The Balaban J connectivity index is 1.22. The molecule has 0 fully saturated rings. The van der Waals surface area contributed by atoms with Crippen molar-refractivity contribution in [1.82, 2.24) is 19.5 Å². The van der Waals surface area contributed by atoms with E-state index in [1.807, 2.05) is 47.4 Å². The van der Waals surface area contributed by atoms with Gasteiger partial charge in [0.2, 0.25) is 0 Å². The highest BCUT2D eigenvalue weighted by molar-refractivity contribution is 8.76. The summed E-state index contributed by atoms with van der Waals surface area (Å²) in [7, 11) is -0.279. The van der Waals surface area contributed by atoms with Crippen LogP contribution in [0, 0.1) is 6.92 Å². The zero-order chi connectivity index (χ0) is 31.5. The molecule has 2 aromatic heterocycles. The number of aryl methyl sites for hydroxylation is 1. The molecule has 44 heavy (non-hydrogen) atoms. The van der Waals surface area contributed by atoms with Gasteiger partial charge in [-0.15, -0.1) is 0 Å². The van der Waals surface area contributed by atoms with Gasteiger partial charge in [-0.3, -0.25) is 4.57 Å². The number of hydrogen-bond acceptors (Lipinski definition) is 8. The second-order valence-corrected chi connectivity index (χ2v) is 16.0. The van der Waals surface area contributed by atoms with E-state index < -0.39 is 7.60 Å². The molecule has 3 aromatic rings. The molecule has 1 aromatic carbocycles. The Kier molecular flexibility index (Phi) is 18.0. The van der Waals surface area contributed by atoms with Gasteiger partial charge in [0.15, 0.2) is 5.65 Å². The van der Waals surface area contributed by atoms with Crippen LogP contribution in [0.4, 0.5) is 0 Å². The van der Waals surface area contributed by atoms with Crippen molar-refractivity contribution in [2.75, 3.05) is 12.1 Å². The zero-order valence-electron chi connectivity index (χ0n) is 27.0. The Morgan fingerprint density at radius 3 is 2.27 bits per heavy atom. The lowest BCUT2D eigenvalue weighted by Gasteiger charge is -2.17. The molecule has 0 saturated heterocycles. The van der Waals surface area contributed by atoms with Crippen LogP contribution < -0.4 is 0 Å². The topological polar surface area (TPSA) is 99.4 Å². The molecule has 8 nitrogen and oxygen atoms in total. The van der Waals surface area contributed by atoms with Crippen molar-refractivity contribution in [3.8, 4) is 0 Å². The molecule has 2 unspecified atom stereocenters. The molecule has 3 rings (SSSR count). The lowest BCUT2D eigenvalue weighted by atomic mass is 10.0. The summed E-state index contributed by atoms with van der Waals surface area (Å²) in [4.78, 5) is 24.3. The molecule has 246 valence electrons. The third-order valence-corrected chi connectivity index (χ3v) is 11.1. The lowest BCUT2D eigenvalue weighted by molar-refractivity contribution is 0.0708. The minimum Gasteiger partial charge on any atom is -0.364 e. The summed E-state index contributed by atoms with van der Waals surface area (Å²) in [6.45, 7) is 6.52. The van der Waals surface area contributed by atoms with E-state index in [2.05, 4.69) is 27.9 Å². The van der Waals surface area contributed by atoms with Gasteiger partial charge in [0.1, 0.15) is 18.2 Å². The largest absolute Gasteiger partial charge is 0.364 e. The first-order chi connectivity index (χ1) is 21.4. The Hall–Kier alpha value is -1.42. The van der Waals surface area contributed by atoms with E-state index in [0.29, 0.717) is 12.2 Å². The summed E-state index contributed by atoms with van der Waals surface area (Å²) in [6.07, 6.45) is 21.8. The van der Waals surface area contributed by atoms with E-state index in [4.69, 9.17) is 9.26 Å². The maximum Gasteiger partial charge on any atom is 0.353 e. The van der Waals surface area contributed by atoms with Gasteiger partial charge in [0.25, 0.3) is 0 Å². The molecular formula is C33H53N4O4PS2. The van der Waals surface area contributed by atoms with E-state index in [1.54, 1.807) is 17.1 Å². The van der Waals surface area contributed by atoms with Crippen molar-refractivity contribution in [2.45, 2.75) is 135 Å². The molecule has 11 heteroatoms. The third kappa shape index (κ3) is 14.8. The van der Waals surface area contributed by atoms with E-state index in [9.17, 15) is 9.46 Å². The van der Waals surface area contributed by atoms with Crippen molar-refractivity contribution >= 4 is 40.3 Å². The quantitative estimate of drug-likeness (QED) is 0.0539. The SMILES string of the molecule is CCCCCCCCCCCCCCCCSSc1cccc(COP(=O)(O)COC(C)Cn2cnc3c(C)ncnc32)c1. The average molecular weight is 665 g/mol. The molecule has 0 aliphatic rings. The highest BCUT2D eigenvalue weighted by atomic mass is 33.1. The van der Waals surface area contributed by atoms with Gasteiger partial charge < -0.3 is 18.7 Å². The minimum absolute atomic E-state index is 0.0614. The smallest absolute Gasteiger partial charge is 0.353 e. The van der Waals surface area contributed by atoms with Gasteiger partial charge in [0.05, 0.1) is 31.3 Å². The maximum absolute atomic E-state index is 12.6. The monoisotopic (exact) mass is 664 g/mol. The van der Waals surface area contributed by atoms with Crippen molar-refractivity contribution in [1.29, 1.82) is 0 Å². The summed E-state index contributed by atoms with van der Waals surface area (Å²) in [6, 6.07) is 7.98. The Labute approximate surface area is 272 Å². The van der Waals surface area contributed by atoms with Gasteiger partial charge in [-0.25, -0.2) is 15.0 Å². The molecule has 2 heterocycles. The zero-order valence-corrected chi connectivity index (χ0v) is 29.5. The Bertz CT molecular complexity index is 1260. The van der Waals surface area contributed by atoms with Crippen LogP contribution in [0.5, 0.6) is 0 Å². The van der Waals surface area contributed by atoms with E-state index in [1.165, 1.54) is 96.2 Å². The number of unbranched alkanes of at least 4 members (excludes halogenated alkanes) is 13. The molecule has 1 N–H and O–H groups in total. The fraction of sp³-hybridized carbons (Fsp3) is 0.667. The molecule has 0 saturated carbocycles. The molecule has 2 atom stereocenters. The predicted molar refractivity (Wildman–Crippen MR) is 185 cm³/mol. The van der Waals surface area contributed by atoms with Crippen molar-refractivity contribution in [3.63, 3.8) is 0 Å². The second-order valence-electron chi connectivity index (χ2n) is 11.7. The van der Waals surface area contributed by atoms with E-state index >= 15 is 0 Å². The second kappa shape index (κ2) is 21.4. The Morgan fingerprint density at radius 2 is 1.59 bits per heavy atom. The Morgan fingerprint density at radius 1 is 0.932 bits per heavy atom. The molecule has 0 spiro atoms. The number of ether oxygens (including phenoxy) is 1. The number of benzene rings is 1. The van der Waals surface area contributed by atoms with Crippen molar-refractivity contribution in [3.05, 3.63) is 48.2 Å². The van der Waals surface area contributed by atoms with Crippen LogP contribution in [0.2, 0.25) is 0 Å². The molecule has 0 radical (unpaired) electrons. The third-order valence-electron chi connectivity index (χ3n) is 7.63. The number of hydrogen-bond donors (Lipinski definition) is 1. The van der Waals surface area contributed by atoms with Crippen molar-refractivity contribution in [2.24, 2.45) is 0 Å². The van der Waals surface area contributed by atoms with Crippen LogP contribution in [0.1, 0.15) is 115 Å². The van der Waals surface area contributed by atoms with E-state index in [-0.39, 0.29) is 19.1 Å². The standard InChI is InChI=1S/C33H53N4O4PS2/c1-4-5-6-7-8-9-10-11-12-13-14-15-16-17-21-43-44-31-20-18-19-30(22-31)24-41-42(38,39)27-40-28(2)23-37-26-36-32-29(3)34-25-35-33(32)37/h18-20,22,25-26,28H,4-17,21,23-24,27H2,1-3H3,(H,38,39). The number of rotatable bonds is 25. The first-order valence-corrected chi connectivity index (χ1v) is 20.5. The number of imidazole rings is 1. The van der Waals surface area contributed by atoms with Crippen LogP contribution >= 0.6 is 29.2 Å². The van der Waals surface area contributed by atoms with Crippen LogP contribution in [0.15, 0.2) is 41.8 Å². The molecule has 0 aliphatic carbocycles.